The van der Waals surface area contributed by atoms with Crippen molar-refractivity contribution in [1.82, 2.24) is 0 Å². The molecule has 1 unspecified atom stereocenters. The number of hydrogen-bond acceptors (Lipinski definition) is 2. The second-order valence-electron chi connectivity index (χ2n) is 7.36. The van der Waals surface area contributed by atoms with Gasteiger partial charge in [0.2, 0.25) is 0 Å². The molecule has 0 aromatic heterocycles. The largest absolute Gasteiger partial charge is 0.481 e. The van der Waals surface area contributed by atoms with E-state index in [0.717, 1.165) is 25.7 Å². The highest BCUT2D eigenvalue weighted by molar-refractivity contribution is 5.77. The van der Waals surface area contributed by atoms with E-state index in [2.05, 4.69) is 19.1 Å². The van der Waals surface area contributed by atoms with Crippen LogP contribution < -0.4 is 0 Å². The first kappa shape index (κ1) is 24.7. The number of allylic oxidation sites excluding steroid dienone is 2. The molecule has 0 aromatic rings. The summed E-state index contributed by atoms with van der Waals surface area (Å²) in [5, 5.41) is 17.7. The van der Waals surface area contributed by atoms with E-state index in [-0.39, 0.29) is 6.42 Å². The predicted octanol–water partition coefficient (Wildman–Crippen LogP) is 6.59. The van der Waals surface area contributed by atoms with Crippen molar-refractivity contribution in [2.75, 3.05) is 0 Å². The zero-order valence-electron chi connectivity index (χ0n) is 16.8. The van der Waals surface area contributed by atoms with Crippen LogP contribution in [-0.4, -0.2) is 22.2 Å². The van der Waals surface area contributed by atoms with Gasteiger partial charge in [0.05, 0.1) is 12.3 Å². The molecule has 0 aliphatic rings. The Kier molecular flexibility index (Phi) is 17.5. The Morgan fingerprint density at radius 2 is 1.19 bits per heavy atom. The first-order chi connectivity index (χ1) is 12.6. The Bertz CT molecular complexity index is 376. The van der Waals surface area contributed by atoms with E-state index < -0.39 is 17.9 Å². The molecule has 2 N–H and O–H groups in total. The zero-order chi connectivity index (χ0) is 19.5. The van der Waals surface area contributed by atoms with Crippen LogP contribution in [0, 0.1) is 5.92 Å². The van der Waals surface area contributed by atoms with Crippen molar-refractivity contribution in [1.29, 1.82) is 0 Å². The maximum Gasteiger partial charge on any atom is 0.307 e. The van der Waals surface area contributed by atoms with E-state index >= 15 is 0 Å². The van der Waals surface area contributed by atoms with E-state index in [9.17, 15) is 9.59 Å². The molecule has 0 aliphatic heterocycles. The predicted molar refractivity (Wildman–Crippen MR) is 107 cm³/mol. The van der Waals surface area contributed by atoms with Gasteiger partial charge in [-0.2, -0.15) is 0 Å². The fourth-order valence-electron chi connectivity index (χ4n) is 3.16. The van der Waals surface area contributed by atoms with Crippen molar-refractivity contribution in [2.24, 2.45) is 5.92 Å². The van der Waals surface area contributed by atoms with Crippen molar-refractivity contribution in [2.45, 2.75) is 110 Å². The van der Waals surface area contributed by atoms with Gasteiger partial charge in [-0.25, -0.2) is 0 Å². The van der Waals surface area contributed by atoms with Crippen molar-refractivity contribution in [3.8, 4) is 0 Å². The summed E-state index contributed by atoms with van der Waals surface area (Å²) in [4.78, 5) is 21.6. The molecule has 0 radical (unpaired) electrons. The molecule has 0 spiro atoms. The Morgan fingerprint density at radius 3 is 1.65 bits per heavy atom. The zero-order valence-corrected chi connectivity index (χ0v) is 16.8. The number of hydrogen-bond donors (Lipinski definition) is 2. The number of carboxylic acid groups (broad SMARTS) is 2. The van der Waals surface area contributed by atoms with Gasteiger partial charge in [-0.1, -0.05) is 83.3 Å². The summed E-state index contributed by atoms with van der Waals surface area (Å²) in [6.45, 7) is 2.25. The van der Waals surface area contributed by atoms with Gasteiger partial charge in [-0.05, 0) is 32.1 Å². The maximum absolute atomic E-state index is 11.0. The van der Waals surface area contributed by atoms with Crippen LogP contribution in [0.4, 0.5) is 0 Å². The summed E-state index contributed by atoms with van der Waals surface area (Å²) in [6.07, 6.45) is 21.9. The van der Waals surface area contributed by atoms with E-state index in [1.54, 1.807) is 0 Å². The number of rotatable bonds is 19. The van der Waals surface area contributed by atoms with Crippen molar-refractivity contribution >= 4 is 11.9 Å². The molecule has 4 nitrogen and oxygen atoms in total. The third-order valence-corrected chi connectivity index (χ3v) is 4.83. The normalized spacial score (nSPS) is 12.5. The highest BCUT2D eigenvalue weighted by atomic mass is 16.4. The fraction of sp³-hybridized carbons (Fsp3) is 0.818. The van der Waals surface area contributed by atoms with E-state index in [1.807, 2.05) is 0 Å². The third kappa shape index (κ3) is 17.5. The van der Waals surface area contributed by atoms with E-state index in [4.69, 9.17) is 10.2 Å². The number of carbonyl (C=O) groups is 2. The first-order valence-corrected chi connectivity index (χ1v) is 10.7. The minimum Gasteiger partial charge on any atom is -0.481 e. The average molecular weight is 369 g/mol. The molecule has 0 rings (SSSR count). The fourth-order valence-corrected chi connectivity index (χ4v) is 3.16. The summed E-state index contributed by atoms with van der Waals surface area (Å²) in [6, 6.07) is 0. The molecule has 1 atom stereocenters. The maximum atomic E-state index is 11.0. The number of aliphatic carboxylic acids is 2. The molecule has 0 saturated heterocycles. The lowest BCUT2D eigenvalue weighted by Gasteiger charge is -2.09. The van der Waals surface area contributed by atoms with Crippen LogP contribution in [0.2, 0.25) is 0 Å². The summed E-state index contributed by atoms with van der Waals surface area (Å²) in [5.41, 5.74) is 0. The highest BCUT2D eigenvalue weighted by Gasteiger charge is 2.20. The molecule has 0 heterocycles. The van der Waals surface area contributed by atoms with Crippen molar-refractivity contribution in [3.63, 3.8) is 0 Å². The monoisotopic (exact) mass is 368 g/mol. The van der Waals surface area contributed by atoms with Crippen molar-refractivity contribution < 1.29 is 19.8 Å². The lowest BCUT2D eigenvalue weighted by Crippen LogP contribution is -2.17. The van der Waals surface area contributed by atoms with Crippen LogP contribution in [0.15, 0.2) is 12.2 Å². The molecule has 0 aliphatic carbocycles. The van der Waals surface area contributed by atoms with Gasteiger partial charge in [0.1, 0.15) is 0 Å². The third-order valence-electron chi connectivity index (χ3n) is 4.83. The first-order valence-electron chi connectivity index (χ1n) is 10.7. The topological polar surface area (TPSA) is 74.6 Å². The van der Waals surface area contributed by atoms with Crippen LogP contribution in [0.1, 0.15) is 110 Å². The summed E-state index contributed by atoms with van der Waals surface area (Å²) in [5.74, 6) is -2.74. The summed E-state index contributed by atoms with van der Waals surface area (Å²) in [7, 11) is 0. The SMILES string of the molecule is CCCCCCCCC=CCCCCCCCCC(CC(=O)O)C(=O)O. The van der Waals surface area contributed by atoms with Crippen LogP contribution in [0.5, 0.6) is 0 Å². The van der Waals surface area contributed by atoms with Gasteiger partial charge in [-0.15, -0.1) is 0 Å². The lowest BCUT2D eigenvalue weighted by molar-refractivity contribution is -0.148. The van der Waals surface area contributed by atoms with Gasteiger partial charge < -0.3 is 10.2 Å². The molecule has 4 heteroatoms. The number of carboxylic acids is 2. The van der Waals surface area contributed by atoms with Gasteiger partial charge in [0.15, 0.2) is 0 Å². The van der Waals surface area contributed by atoms with Crippen LogP contribution >= 0.6 is 0 Å². The van der Waals surface area contributed by atoms with Gasteiger partial charge in [0.25, 0.3) is 0 Å². The van der Waals surface area contributed by atoms with Crippen LogP contribution in [0.3, 0.4) is 0 Å². The van der Waals surface area contributed by atoms with Gasteiger partial charge in [0, 0.05) is 0 Å². The lowest BCUT2D eigenvalue weighted by atomic mass is 9.97. The van der Waals surface area contributed by atoms with Gasteiger partial charge >= 0.3 is 11.9 Å². The van der Waals surface area contributed by atoms with Crippen LogP contribution in [0.25, 0.3) is 0 Å². The molecule has 26 heavy (non-hydrogen) atoms. The molecule has 0 fully saturated rings. The Labute approximate surface area is 160 Å². The molecule has 0 aromatic carbocycles. The molecule has 0 bridgehead atoms. The molecule has 0 amide bonds. The molecular formula is C22H40O4. The summed E-state index contributed by atoms with van der Waals surface area (Å²) < 4.78 is 0. The standard InChI is InChI=1S/C22H40O4/c1-2-3-4-5-6-7-8-9-10-11-12-13-14-15-16-17-18-20(22(25)26)19-21(23)24/h9-10,20H,2-8,11-19H2,1H3,(H,23,24)(H,25,26). The minimum absolute atomic E-state index is 0.263. The Balaban J connectivity index is 3.36. The van der Waals surface area contributed by atoms with Crippen LogP contribution in [-0.2, 0) is 9.59 Å². The molecule has 0 saturated carbocycles. The summed E-state index contributed by atoms with van der Waals surface area (Å²) >= 11 is 0. The molecule has 152 valence electrons. The second-order valence-corrected chi connectivity index (χ2v) is 7.36. The Hall–Kier alpha value is -1.32. The highest BCUT2D eigenvalue weighted by Crippen LogP contribution is 2.16. The molecular weight excluding hydrogens is 328 g/mol. The average Bonchev–Trinajstić information content (AvgIpc) is 2.59. The van der Waals surface area contributed by atoms with Crippen molar-refractivity contribution in [3.05, 3.63) is 12.2 Å². The smallest absolute Gasteiger partial charge is 0.307 e. The van der Waals surface area contributed by atoms with E-state index in [0.29, 0.717) is 6.42 Å². The quantitative estimate of drug-likeness (QED) is 0.199. The van der Waals surface area contributed by atoms with Gasteiger partial charge in [-0.3, -0.25) is 9.59 Å². The Morgan fingerprint density at radius 1 is 0.731 bits per heavy atom. The number of unbranched alkanes of at least 4 members (excludes halogenated alkanes) is 12. The van der Waals surface area contributed by atoms with E-state index in [1.165, 1.54) is 64.2 Å². The second kappa shape index (κ2) is 18.5. The minimum atomic E-state index is -1.03.